The van der Waals surface area contributed by atoms with Crippen LogP contribution >= 0.6 is 0 Å². The summed E-state index contributed by atoms with van der Waals surface area (Å²) in [4.78, 5) is 4.61. The van der Waals surface area contributed by atoms with Gasteiger partial charge in [-0.2, -0.15) is 0 Å². The SMILES string of the molecule is CCN(CC)CCOc1ccc(C(O)(C#CC(O)(c2ccccc2)c2ccc(OCCN(CC)CC)cc2)c2ccccc2)cc1. The predicted octanol–water partition coefficient (Wildman–Crippen LogP) is 6.30. The van der Waals surface area contributed by atoms with Gasteiger partial charge in [0.2, 0.25) is 0 Å². The molecule has 0 amide bonds. The largest absolute Gasteiger partial charge is 0.492 e. The minimum absolute atomic E-state index is 0.577. The Kier molecular flexibility index (Phi) is 12.8. The second-order valence-corrected chi connectivity index (χ2v) is 11.2. The predicted molar refractivity (Wildman–Crippen MR) is 186 cm³/mol. The van der Waals surface area contributed by atoms with Crippen molar-refractivity contribution in [1.29, 1.82) is 0 Å². The Morgan fingerprint density at radius 1 is 0.478 bits per heavy atom. The maximum Gasteiger partial charge on any atom is 0.177 e. The molecule has 0 bridgehead atoms. The Hall–Kier alpha value is -4.12. The van der Waals surface area contributed by atoms with Gasteiger partial charge < -0.3 is 29.5 Å². The zero-order valence-corrected chi connectivity index (χ0v) is 27.7. The molecule has 2 atom stereocenters. The lowest BCUT2D eigenvalue weighted by Crippen LogP contribution is -2.29. The van der Waals surface area contributed by atoms with Gasteiger partial charge in [-0.05, 0) is 50.4 Å². The normalized spacial score (nSPS) is 13.8. The van der Waals surface area contributed by atoms with Crippen LogP contribution in [-0.2, 0) is 11.2 Å². The molecule has 0 aliphatic heterocycles. The highest BCUT2D eigenvalue weighted by atomic mass is 16.5. The molecule has 2 N–H and O–H groups in total. The van der Waals surface area contributed by atoms with E-state index < -0.39 is 11.2 Å². The molecule has 2 unspecified atom stereocenters. The molecule has 0 aliphatic rings. The van der Waals surface area contributed by atoms with Crippen LogP contribution in [-0.4, -0.2) is 72.5 Å². The maximum atomic E-state index is 12.3. The van der Waals surface area contributed by atoms with E-state index in [1.807, 2.05) is 109 Å². The molecule has 0 aromatic heterocycles. The van der Waals surface area contributed by atoms with Crippen molar-refractivity contribution < 1.29 is 19.7 Å². The molecular formula is C40H48N2O4. The minimum atomic E-state index is -1.70. The van der Waals surface area contributed by atoms with Crippen LogP contribution in [0.1, 0.15) is 49.9 Å². The molecule has 0 radical (unpaired) electrons. The Bertz CT molecular complexity index is 1390. The molecule has 0 saturated heterocycles. The average molecular weight is 621 g/mol. The van der Waals surface area contributed by atoms with E-state index in [1.165, 1.54) is 0 Å². The molecule has 6 heteroatoms. The van der Waals surface area contributed by atoms with Crippen molar-refractivity contribution in [2.24, 2.45) is 0 Å². The van der Waals surface area contributed by atoms with E-state index in [4.69, 9.17) is 9.47 Å². The summed E-state index contributed by atoms with van der Waals surface area (Å²) in [5.41, 5.74) is -1.03. The first kappa shape index (κ1) is 34.7. The number of hydrogen-bond acceptors (Lipinski definition) is 6. The summed E-state index contributed by atoms with van der Waals surface area (Å²) in [6.45, 7) is 15.3. The summed E-state index contributed by atoms with van der Waals surface area (Å²) >= 11 is 0. The molecule has 4 rings (SSSR count). The van der Waals surface area contributed by atoms with Gasteiger partial charge in [0.25, 0.3) is 0 Å². The number of likely N-dealkylation sites (N-methyl/N-ethyl adjacent to an activating group) is 2. The summed E-state index contributed by atoms with van der Waals surface area (Å²) in [5, 5.41) is 24.6. The first-order chi connectivity index (χ1) is 22.4. The summed E-state index contributed by atoms with van der Waals surface area (Å²) in [6.07, 6.45) is 0. The molecule has 0 spiro atoms. The first-order valence-corrected chi connectivity index (χ1v) is 16.4. The van der Waals surface area contributed by atoms with Crippen molar-refractivity contribution in [3.05, 3.63) is 131 Å². The number of aliphatic hydroxyl groups is 2. The minimum Gasteiger partial charge on any atom is -0.492 e. The molecule has 0 aliphatic carbocycles. The fourth-order valence-electron chi connectivity index (χ4n) is 5.41. The fourth-order valence-corrected chi connectivity index (χ4v) is 5.41. The van der Waals surface area contributed by atoms with Gasteiger partial charge in [-0.1, -0.05) is 124 Å². The highest BCUT2D eigenvalue weighted by molar-refractivity contribution is 5.51. The van der Waals surface area contributed by atoms with Gasteiger partial charge in [0.15, 0.2) is 11.2 Å². The van der Waals surface area contributed by atoms with Crippen molar-refractivity contribution in [2.45, 2.75) is 38.9 Å². The number of nitrogens with zero attached hydrogens (tertiary/aromatic N) is 2. The molecule has 0 saturated carbocycles. The lowest BCUT2D eigenvalue weighted by molar-refractivity contribution is 0.133. The molecule has 46 heavy (non-hydrogen) atoms. The van der Waals surface area contributed by atoms with Gasteiger partial charge in [0.05, 0.1) is 0 Å². The Labute approximate surface area is 275 Å². The van der Waals surface area contributed by atoms with Gasteiger partial charge in [0, 0.05) is 35.3 Å². The standard InChI is InChI=1S/C40H48N2O4/c1-5-41(6-2)29-31-45-37-23-19-35(20-24-37)39(43,33-15-11-9-12-16-33)27-28-40(44,34-17-13-10-14-18-34)36-21-25-38(26-22-36)46-32-30-42(7-3)8-4/h9-26,43-44H,5-8,29-32H2,1-4H3. The molecular weight excluding hydrogens is 572 g/mol. The van der Waals surface area contributed by atoms with E-state index in [2.05, 4.69) is 49.3 Å². The molecule has 4 aromatic carbocycles. The van der Waals surface area contributed by atoms with Crippen molar-refractivity contribution in [1.82, 2.24) is 9.80 Å². The van der Waals surface area contributed by atoms with Crippen molar-refractivity contribution >= 4 is 0 Å². The quantitative estimate of drug-likeness (QED) is 0.143. The fraction of sp³-hybridized carbons (Fsp3) is 0.350. The van der Waals surface area contributed by atoms with E-state index in [1.54, 1.807) is 0 Å². The topological polar surface area (TPSA) is 65.4 Å². The lowest BCUT2D eigenvalue weighted by Gasteiger charge is -2.27. The zero-order valence-electron chi connectivity index (χ0n) is 27.7. The monoisotopic (exact) mass is 620 g/mol. The highest BCUT2D eigenvalue weighted by Gasteiger charge is 2.34. The number of rotatable bonds is 16. The molecule has 4 aromatic rings. The second kappa shape index (κ2) is 17.0. The van der Waals surface area contributed by atoms with Crippen LogP contribution in [0.5, 0.6) is 11.5 Å². The van der Waals surface area contributed by atoms with Gasteiger partial charge in [-0.15, -0.1) is 0 Å². The third-order valence-corrected chi connectivity index (χ3v) is 8.49. The second-order valence-electron chi connectivity index (χ2n) is 11.2. The van der Waals surface area contributed by atoms with Crippen LogP contribution in [0.25, 0.3) is 0 Å². The van der Waals surface area contributed by atoms with Crippen LogP contribution in [0.2, 0.25) is 0 Å². The first-order valence-electron chi connectivity index (χ1n) is 16.4. The Morgan fingerprint density at radius 3 is 1.09 bits per heavy atom. The number of ether oxygens (including phenoxy) is 2. The summed E-state index contributed by atoms with van der Waals surface area (Å²) in [5.74, 6) is 7.65. The summed E-state index contributed by atoms with van der Waals surface area (Å²) in [7, 11) is 0. The smallest absolute Gasteiger partial charge is 0.177 e. The zero-order chi connectivity index (χ0) is 32.8. The lowest BCUT2D eigenvalue weighted by atomic mass is 9.83. The summed E-state index contributed by atoms with van der Waals surface area (Å²) < 4.78 is 12.0. The van der Waals surface area contributed by atoms with E-state index >= 15 is 0 Å². The van der Waals surface area contributed by atoms with Gasteiger partial charge in [-0.25, -0.2) is 0 Å². The highest BCUT2D eigenvalue weighted by Crippen LogP contribution is 2.34. The number of benzene rings is 4. The van der Waals surface area contributed by atoms with E-state index in [-0.39, 0.29) is 0 Å². The van der Waals surface area contributed by atoms with Crippen molar-refractivity contribution in [3.63, 3.8) is 0 Å². The van der Waals surface area contributed by atoms with E-state index in [0.717, 1.165) is 50.8 Å². The van der Waals surface area contributed by atoms with Gasteiger partial charge >= 0.3 is 0 Å². The van der Waals surface area contributed by atoms with Crippen LogP contribution in [0.4, 0.5) is 0 Å². The van der Waals surface area contributed by atoms with E-state index in [9.17, 15) is 10.2 Å². The molecule has 0 heterocycles. The maximum absolute atomic E-state index is 12.3. The Morgan fingerprint density at radius 2 is 0.783 bits per heavy atom. The molecule has 0 fully saturated rings. The molecule has 6 nitrogen and oxygen atoms in total. The number of hydrogen-bond donors (Lipinski definition) is 2. The van der Waals surface area contributed by atoms with Gasteiger partial charge in [-0.3, -0.25) is 0 Å². The van der Waals surface area contributed by atoms with Gasteiger partial charge in [0.1, 0.15) is 24.7 Å². The van der Waals surface area contributed by atoms with Crippen LogP contribution in [0.15, 0.2) is 109 Å². The third-order valence-electron chi connectivity index (χ3n) is 8.49. The summed E-state index contributed by atoms with van der Waals surface area (Å²) in [6, 6.07) is 33.4. The Balaban J connectivity index is 1.66. The third kappa shape index (κ3) is 8.78. The van der Waals surface area contributed by atoms with Crippen LogP contribution < -0.4 is 9.47 Å². The van der Waals surface area contributed by atoms with E-state index in [0.29, 0.717) is 35.5 Å². The average Bonchev–Trinajstić information content (AvgIpc) is 3.12. The van der Waals surface area contributed by atoms with Crippen LogP contribution in [0.3, 0.4) is 0 Å². The molecule has 242 valence electrons. The van der Waals surface area contributed by atoms with Crippen LogP contribution in [0, 0.1) is 11.8 Å². The van der Waals surface area contributed by atoms with Crippen molar-refractivity contribution in [3.8, 4) is 23.3 Å². The van der Waals surface area contributed by atoms with Crippen molar-refractivity contribution in [2.75, 3.05) is 52.5 Å².